The minimum absolute atomic E-state index is 0.0692. The molecule has 1 aromatic rings. The molecule has 2 atom stereocenters. The van der Waals surface area contributed by atoms with Gasteiger partial charge in [0.15, 0.2) is 0 Å². The largest absolute Gasteiger partial charge is 0.399 e. The second-order valence-electron chi connectivity index (χ2n) is 5.28. The lowest BCUT2D eigenvalue weighted by molar-refractivity contribution is 0.133. The monoisotopic (exact) mass is 302 g/mol. The van der Waals surface area contributed by atoms with Crippen LogP contribution in [0.3, 0.4) is 0 Å². The molecule has 2 rings (SSSR count). The maximum absolute atomic E-state index is 13.7. The SMILES string of the molecule is Cc1c(F)cc(N)cc1S(=O)(=O)N1CCC(C(C)O)C1. The van der Waals surface area contributed by atoms with Gasteiger partial charge in [-0.25, -0.2) is 12.8 Å². The van der Waals surface area contributed by atoms with Crippen LogP contribution in [-0.2, 0) is 10.0 Å². The molecule has 112 valence electrons. The molecule has 0 radical (unpaired) electrons. The number of sulfonamides is 1. The van der Waals surface area contributed by atoms with E-state index in [1.54, 1.807) is 6.92 Å². The molecule has 2 unspecified atom stereocenters. The third kappa shape index (κ3) is 2.65. The van der Waals surface area contributed by atoms with Gasteiger partial charge in [-0.1, -0.05) is 0 Å². The molecule has 0 aromatic heterocycles. The molecule has 0 amide bonds. The minimum Gasteiger partial charge on any atom is -0.399 e. The third-order valence-corrected chi connectivity index (χ3v) is 5.80. The summed E-state index contributed by atoms with van der Waals surface area (Å²) in [5.41, 5.74) is 5.69. The number of nitrogens with two attached hydrogens (primary N) is 1. The molecule has 1 aliphatic rings. The highest BCUT2D eigenvalue weighted by atomic mass is 32.2. The number of benzene rings is 1. The Morgan fingerprint density at radius 2 is 2.15 bits per heavy atom. The van der Waals surface area contributed by atoms with Crippen molar-refractivity contribution in [3.8, 4) is 0 Å². The van der Waals surface area contributed by atoms with Crippen molar-refractivity contribution in [3.63, 3.8) is 0 Å². The standard InChI is InChI=1S/C13H19FN2O3S/c1-8-12(14)5-11(15)6-13(8)20(18,19)16-4-3-10(7-16)9(2)17/h5-6,9-10,17H,3-4,7,15H2,1-2H3. The van der Waals surface area contributed by atoms with Crippen LogP contribution >= 0.6 is 0 Å². The molecule has 5 nitrogen and oxygen atoms in total. The van der Waals surface area contributed by atoms with Gasteiger partial charge in [-0.3, -0.25) is 0 Å². The fraction of sp³-hybridized carbons (Fsp3) is 0.538. The highest BCUT2D eigenvalue weighted by molar-refractivity contribution is 7.89. The van der Waals surface area contributed by atoms with E-state index in [9.17, 15) is 17.9 Å². The van der Waals surface area contributed by atoms with Crippen LogP contribution in [0.4, 0.5) is 10.1 Å². The van der Waals surface area contributed by atoms with Gasteiger partial charge in [-0.2, -0.15) is 4.31 Å². The smallest absolute Gasteiger partial charge is 0.243 e. The molecule has 1 aromatic carbocycles. The van der Waals surface area contributed by atoms with E-state index in [1.165, 1.54) is 17.3 Å². The molecule has 0 spiro atoms. The fourth-order valence-corrected chi connectivity index (χ4v) is 4.23. The van der Waals surface area contributed by atoms with E-state index in [2.05, 4.69) is 0 Å². The quantitative estimate of drug-likeness (QED) is 0.819. The summed E-state index contributed by atoms with van der Waals surface area (Å²) in [5.74, 6) is -0.717. The number of hydrogen-bond donors (Lipinski definition) is 2. The van der Waals surface area contributed by atoms with Crippen molar-refractivity contribution in [3.05, 3.63) is 23.5 Å². The Labute approximate surface area is 118 Å². The second kappa shape index (κ2) is 5.31. The van der Waals surface area contributed by atoms with Gasteiger partial charge in [0.1, 0.15) is 5.82 Å². The number of hydrogen-bond acceptors (Lipinski definition) is 4. The average molecular weight is 302 g/mol. The molecule has 1 aliphatic heterocycles. The van der Waals surface area contributed by atoms with Crippen molar-refractivity contribution in [1.82, 2.24) is 4.31 Å². The summed E-state index contributed by atoms with van der Waals surface area (Å²) in [5, 5.41) is 9.55. The molecule has 1 fully saturated rings. The summed E-state index contributed by atoms with van der Waals surface area (Å²) in [6.45, 7) is 3.64. The zero-order valence-corrected chi connectivity index (χ0v) is 12.3. The minimum atomic E-state index is -3.78. The van der Waals surface area contributed by atoms with Crippen LogP contribution in [0.15, 0.2) is 17.0 Å². The lowest BCUT2D eigenvalue weighted by Crippen LogP contribution is -2.31. The number of aliphatic hydroxyl groups excluding tert-OH is 1. The summed E-state index contributed by atoms with van der Waals surface area (Å²) in [6.07, 6.45) is 0.0367. The first kappa shape index (κ1) is 15.2. The molecule has 1 saturated heterocycles. The lowest BCUT2D eigenvalue weighted by Gasteiger charge is -2.19. The van der Waals surface area contributed by atoms with E-state index in [4.69, 9.17) is 5.73 Å². The number of rotatable bonds is 3. The highest BCUT2D eigenvalue weighted by Gasteiger charge is 2.35. The van der Waals surface area contributed by atoms with Gasteiger partial charge < -0.3 is 10.8 Å². The van der Waals surface area contributed by atoms with Crippen molar-refractivity contribution in [2.45, 2.75) is 31.3 Å². The van der Waals surface area contributed by atoms with Gasteiger partial charge in [0.05, 0.1) is 11.0 Å². The Morgan fingerprint density at radius 3 is 2.70 bits per heavy atom. The van der Waals surface area contributed by atoms with Crippen molar-refractivity contribution in [2.24, 2.45) is 5.92 Å². The van der Waals surface area contributed by atoms with Gasteiger partial charge >= 0.3 is 0 Å². The zero-order chi connectivity index (χ0) is 15.1. The predicted molar refractivity (Wildman–Crippen MR) is 74.1 cm³/mol. The van der Waals surface area contributed by atoms with Crippen LogP contribution in [0.25, 0.3) is 0 Å². The van der Waals surface area contributed by atoms with E-state index in [-0.39, 0.29) is 28.6 Å². The van der Waals surface area contributed by atoms with Crippen molar-refractivity contribution >= 4 is 15.7 Å². The topological polar surface area (TPSA) is 83.6 Å². The van der Waals surface area contributed by atoms with Crippen LogP contribution in [0.5, 0.6) is 0 Å². The van der Waals surface area contributed by atoms with Gasteiger partial charge in [0, 0.05) is 24.3 Å². The number of halogens is 1. The number of anilines is 1. The number of nitrogen functional groups attached to an aromatic ring is 1. The molecular formula is C13H19FN2O3S. The molecule has 3 N–H and O–H groups in total. The summed E-state index contributed by atoms with van der Waals surface area (Å²) >= 11 is 0. The van der Waals surface area contributed by atoms with Crippen molar-refractivity contribution in [1.29, 1.82) is 0 Å². The Kier molecular flexibility index (Phi) is 4.04. The fourth-order valence-electron chi connectivity index (χ4n) is 2.45. The first-order valence-electron chi connectivity index (χ1n) is 6.47. The first-order chi connectivity index (χ1) is 9.23. The maximum Gasteiger partial charge on any atom is 0.243 e. The average Bonchev–Trinajstić information content (AvgIpc) is 2.83. The molecule has 0 aliphatic carbocycles. The molecule has 0 saturated carbocycles. The summed E-state index contributed by atoms with van der Waals surface area (Å²) in [6, 6.07) is 2.39. The van der Waals surface area contributed by atoms with Crippen LogP contribution in [0, 0.1) is 18.7 Å². The van der Waals surface area contributed by atoms with E-state index in [0.29, 0.717) is 13.0 Å². The van der Waals surface area contributed by atoms with Crippen LogP contribution < -0.4 is 5.73 Å². The van der Waals surface area contributed by atoms with E-state index in [1.807, 2.05) is 0 Å². The number of nitrogens with zero attached hydrogens (tertiary/aromatic N) is 1. The van der Waals surface area contributed by atoms with Gasteiger partial charge in [0.25, 0.3) is 0 Å². The van der Waals surface area contributed by atoms with Gasteiger partial charge in [-0.05, 0) is 38.3 Å². The molecule has 20 heavy (non-hydrogen) atoms. The summed E-state index contributed by atoms with van der Waals surface area (Å²) in [4.78, 5) is -0.0961. The van der Waals surface area contributed by atoms with Gasteiger partial charge in [0.2, 0.25) is 10.0 Å². The molecule has 0 bridgehead atoms. The van der Waals surface area contributed by atoms with E-state index < -0.39 is 21.9 Å². The van der Waals surface area contributed by atoms with Crippen LogP contribution in [-0.4, -0.2) is 37.0 Å². The van der Waals surface area contributed by atoms with Crippen LogP contribution in [0.2, 0.25) is 0 Å². The first-order valence-corrected chi connectivity index (χ1v) is 7.91. The predicted octanol–water partition coefficient (Wildman–Crippen LogP) is 1.11. The maximum atomic E-state index is 13.7. The third-order valence-electron chi connectivity index (χ3n) is 3.81. The molecular weight excluding hydrogens is 283 g/mol. The normalized spacial score (nSPS) is 22.1. The summed E-state index contributed by atoms with van der Waals surface area (Å²) < 4.78 is 40.0. The highest BCUT2D eigenvalue weighted by Crippen LogP contribution is 2.29. The van der Waals surface area contributed by atoms with E-state index >= 15 is 0 Å². The Hall–Kier alpha value is -1.18. The Balaban J connectivity index is 2.37. The van der Waals surface area contributed by atoms with Crippen molar-refractivity contribution in [2.75, 3.05) is 18.8 Å². The van der Waals surface area contributed by atoms with Crippen molar-refractivity contribution < 1.29 is 17.9 Å². The number of aliphatic hydroxyl groups is 1. The Morgan fingerprint density at radius 1 is 1.50 bits per heavy atom. The zero-order valence-electron chi connectivity index (χ0n) is 11.5. The lowest BCUT2D eigenvalue weighted by atomic mass is 10.0. The Bertz CT molecular complexity index is 616. The van der Waals surface area contributed by atoms with E-state index in [0.717, 1.165) is 6.07 Å². The van der Waals surface area contributed by atoms with Crippen LogP contribution in [0.1, 0.15) is 18.9 Å². The molecule has 7 heteroatoms. The van der Waals surface area contributed by atoms with Gasteiger partial charge in [-0.15, -0.1) is 0 Å². The molecule has 1 heterocycles. The summed E-state index contributed by atoms with van der Waals surface area (Å²) in [7, 11) is -3.78. The second-order valence-corrected chi connectivity index (χ2v) is 7.18.